The summed E-state index contributed by atoms with van der Waals surface area (Å²) in [5.74, 6) is 0.0188. The van der Waals surface area contributed by atoms with Crippen LogP contribution in [-0.4, -0.2) is 45.8 Å². The average Bonchev–Trinajstić information content (AvgIpc) is 3.21. The summed E-state index contributed by atoms with van der Waals surface area (Å²) in [5.41, 5.74) is 0.487. The van der Waals surface area contributed by atoms with Gasteiger partial charge in [-0.25, -0.2) is 13.8 Å². The molecule has 0 radical (unpaired) electrons. The summed E-state index contributed by atoms with van der Waals surface area (Å²) in [7, 11) is 0. The Morgan fingerprint density at radius 1 is 0.968 bits per heavy atom. The van der Waals surface area contributed by atoms with Gasteiger partial charge < -0.3 is 9.64 Å². The number of benzene rings is 1. The maximum Gasteiger partial charge on any atom is 0.296 e. The summed E-state index contributed by atoms with van der Waals surface area (Å²) in [6.45, 7) is 2.17. The van der Waals surface area contributed by atoms with E-state index in [2.05, 4.69) is 15.0 Å². The van der Waals surface area contributed by atoms with Crippen LogP contribution >= 0.6 is 0 Å². The predicted octanol–water partition coefficient (Wildman–Crippen LogP) is 4.22. The second-order valence-corrected chi connectivity index (χ2v) is 7.74. The first-order chi connectivity index (χ1) is 15.1. The average molecular weight is 431 g/mol. The number of aromatic nitrogens is 4. The van der Waals surface area contributed by atoms with E-state index in [1.165, 1.54) is 49.2 Å². The Labute approximate surface area is 179 Å². The van der Waals surface area contributed by atoms with E-state index >= 15 is 0 Å². The van der Waals surface area contributed by atoms with Crippen molar-refractivity contribution in [3.63, 3.8) is 0 Å². The number of nitrogens with one attached hydrogen (secondary N) is 1. The predicted molar refractivity (Wildman–Crippen MR) is 115 cm³/mol. The number of hydrogen-bond acceptors (Lipinski definition) is 5. The smallest absolute Gasteiger partial charge is 0.296 e. The van der Waals surface area contributed by atoms with Gasteiger partial charge in [-0.15, -0.1) is 0 Å². The first kappa shape index (κ1) is 21.4. The van der Waals surface area contributed by atoms with Gasteiger partial charge in [0.05, 0.1) is 24.2 Å². The number of fused-ring (bicyclic) bond motifs is 1. The molecule has 2 fully saturated rings. The molecule has 1 aliphatic heterocycles. The summed E-state index contributed by atoms with van der Waals surface area (Å²) in [5, 5.41) is 0. The maximum atomic E-state index is 13.5. The third-order valence-electron chi connectivity index (χ3n) is 5.54. The fraction of sp³-hybridized carbons (Fsp3) is 0.500. The van der Waals surface area contributed by atoms with Crippen LogP contribution in [0.25, 0.3) is 16.9 Å². The van der Waals surface area contributed by atoms with Crippen molar-refractivity contribution >= 4 is 17.0 Å². The standard InChI is InChI=1S/C16H15F2N5O2.C6H12/c17-14(18)15-19-10-3-1-2-4-11(10)23(15)12-9-13(24)21-16(20-12)22-5-7-25-8-6-22;1-2-4-6-5-3-1/h1-4,9,14H,5-8H2,(H,20,21,24);1-6H2. The minimum atomic E-state index is -2.79. The molecule has 0 unspecified atom stereocenters. The number of aromatic amines is 1. The molecule has 0 bridgehead atoms. The third-order valence-corrected chi connectivity index (χ3v) is 5.54. The van der Waals surface area contributed by atoms with Gasteiger partial charge in [-0.05, 0) is 12.1 Å². The zero-order chi connectivity index (χ0) is 21.6. The normalized spacial score (nSPS) is 16.9. The maximum absolute atomic E-state index is 13.5. The molecule has 3 heterocycles. The van der Waals surface area contributed by atoms with Gasteiger partial charge in [0.25, 0.3) is 12.0 Å². The van der Waals surface area contributed by atoms with Crippen LogP contribution in [0.2, 0.25) is 0 Å². The molecule has 7 nitrogen and oxygen atoms in total. The first-order valence-electron chi connectivity index (χ1n) is 10.8. The summed E-state index contributed by atoms with van der Waals surface area (Å²) >= 11 is 0. The van der Waals surface area contributed by atoms with E-state index < -0.39 is 17.8 Å². The number of hydrogen-bond donors (Lipinski definition) is 1. The van der Waals surface area contributed by atoms with Crippen LogP contribution in [0.1, 0.15) is 50.8 Å². The molecule has 9 heteroatoms. The Morgan fingerprint density at radius 3 is 2.26 bits per heavy atom. The molecule has 166 valence electrons. The number of morpholine rings is 1. The SMILES string of the molecule is C1CCCCC1.O=c1cc(-n2c(C(F)F)nc3ccccc32)nc(N2CCOCC2)[nH]1. The van der Waals surface area contributed by atoms with Crippen LogP contribution in [0.5, 0.6) is 0 Å². The minimum absolute atomic E-state index is 0.120. The van der Waals surface area contributed by atoms with Crippen LogP contribution < -0.4 is 10.5 Å². The first-order valence-corrected chi connectivity index (χ1v) is 10.8. The fourth-order valence-corrected chi connectivity index (χ4v) is 3.96. The Bertz CT molecular complexity index is 1040. The van der Waals surface area contributed by atoms with E-state index in [-0.39, 0.29) is 5.82 Å². The van der Waals surface area contributed by atoms with E-state index in [4.69, 9.17) is 4.74 Å². The van der Waals surface area contributed by atoms with Gasteiger partial charge in [-0.3, -0.25) is 14.3 Å². The van der Waals surface area contributed by atoms with Crippen LogP contribution in [-0.2, 0) is 4.74 Å². The van der Waals surface area contributed by atoms with Crippen molar-refractivity contribution in [1.29, 1.82) is 0 Å². The van der Waals surface area contributed by atoms with Gasteiger partial charge >= 0.3 is 0 Å². The van der Waals surface area contributed by atoms with E-state index in [0.717, 1.165) is 0 Å². The van der Waals surface area contributed by atoms with Gasteiger partial charge in [0.2, 0.25) is 5.95 Å². The molecule has 5 rings (SSSR count). The highest BCUT2D eigenvalue weighted by molar-refractivity contribution is 5.78. The summed E-state index contributed by atoms with van der Waals surface area (Å²) < 4.78 is 33.5. The molecular weight excluding hydrogens is 404 g/mol. The van der Waals surface area contributed by atoms with Crippen molar-refractivity contribution in [2.45, 2.75) is 45.0 Å². The lowest BCUT2D eigenvalue weighted by atomic mass is 10.0. The van der Waals surface area contributed by atoms with Crippen LogP contribution in [0.4, 0.5) is 14.7 Å². The molecule has 1 aromatic carbocycles. The number of anilines is 1. The second kappa shape index (κ2) is 10.00. The van der Waals surface area contributed by atoms with Crippen molar-refractivity contribution in [2.75, 3.05) is 31.2 Å². The second-order valence-electron chi connectivity index (χ2n) is 7.74. The molecule has 0 amide bonds. The van der Waals surface area contributed by atoms with Crippen LogP contribution in [0.3, 0.4) is 0 Å². The van der Waals surface area contributed by atoms with Gasteiger partial charge in [0.15, 0.2) is 5.82 Å². The lowest BCUT2D eigenvalue weighted by molar-refractivity contribution is 0.122. The van der Waals surface area contributed by atoms with E-state index in [9.17, 15) is 13.6 Å². The van der Waals surface area contributed by atoms with Gasteiger partial charge in [0, 0.05) is 19.2 Å². The largest absolute Gasteiger partial charge is 0.378 e. The van der Waals surface area contributed by atoms with Gasteiger partial charge in [-0.2, -0.15) is 4.98 Å². The highest BCUT2D eigenvalue weighted by Crippen LogP contribution is 2.27. The van der Waals surface area contributed by atoms with Crippen molar-refractivity contribution in [3.05, 3.63) is 46.5 Å². The number of H-pyrrole nitrogens is 1. The summed E-state index contributed by atoms with van der Waals surface area (Å²) in [6.07, 6.45) is 6.21. The van der Waals surface area contributed by atoms with Crippen LogP contribution in [0.15, 0.2) is 35.1 Å². The Hall–Kier alpha value is -2.81. The lowest BCUT2D eigenvalue weighted by Gasteiger charge is -2.27. The molecule has 2 aliphatic rings. The lowest BCUT2D eigenvalue weighted by Crippen LogP contribution is -2.38. The monoisotopic (exact) mass is 431 g/mol. The van der Waals surface area contributed by atoms with Crippen molar-refractivity contribution < 1.29 is 13.5 Å². The van der Waals surface area contributed by atoms with Crippen molar-refractivity contribution in [3.8, 4) is 5.82 Å². The van der Waals surface area contributed by atoms with E-state index in [1.807, 2.05) is 4.90 Å². The molecule has 1 N–H and O–H groups in total. The highest BCUT2D eigenvalue weighted by Gasteiger charge is 2.22. The molecule has 1 saturated heterocycles. The quantitative estimate of drug-likeness (QED) is 0.672. The van der Waals surface area contributed by atoms with Gasteiger partial charge in [0.1, 0.15) is 5.82 Å². The zero-order valence-electron chi connectivity index (χ0n) is 17.4. The Morgan fingerprint density at radius 2 is 1.61 bits per heavy atom. The highest BCUT2D eigenvalue weighted by atomic mass is 19.3. The topological polar surface area (TPSA) is 76.0 Å². The number of rotatable bonds is 3. The number of para-hydroxylation sites is 2. The molecule has 1 saturated carbocycles. The fourth-order valence-electron chi connectivity index (χ4n) is 3.96. The minimum Gasteiger partial charge on any atom is -0.378 e. The number of imidazole rings is 1. The molecule has 1 aliphatic carbocycles. The molecule has 2 aromatic heterocycles. The number of halogens is 2. The summed E-state index contributed by atoms with van der Waals surface area (Å²) in [4.78, 5) is 25.0. The van der Waals surface area contributed by atoms with E-state index in [0.29, 0.717) is 43.3 Å². The summed E-state index contributed by atoms with van der Waals surface area (Å²) in [6, 6.07) is 7.97. The van der Waals surface area contributed by atoms with E-state index in [1.54, 1.807) is 24.3 Å². The zero-order valence-corrected chi connectivity index (χ0v) is 17.4. The molecule has 0 atom stereocenters. The van der Waals surface area contributed by atoms with Crippen molar-refractivity contribution in [1.82, 2.24) is 19.5 Å². The molecule has 0 spiro atoms. The van der Waals surface area contributed by atoms with Crippen LogP contribution in [0, 0.1) is 0 Å². The number of alkyl halides is 2. The van der Waals surface area contributed by atoms with Gasteiger partial charge in [-0.1, -0.05) is 50.7 Å². The Kier molecular flexibility index (Phi) is 6.91. The molecule has 3 aromatic rings. The number of ether oxygens (including phenoxy) is 1. The third kappa shape index (κ3) is 5.10. The van der Waals surface area contributed by atoms with Crippen molar-refractivity contribution in [2.24, 2.45) is 0 Å². The number of nitrogens with zero attached hydrogens (tertiary/aromatic N) is 4. The molecular formula is C22H27F2N5O2. The Balaban J connectivity index is 0.000000334. The molecule has 31 heavy (non-hydrogen) atoms.